The predicted molar refractivity (Wildman–Crippen MR) is 77.1 cm³/mol. The summed E-state index contributed by atoms with van der Waals surface area (Å²) in [4.78, 5) is 10.6. The summed E-state index contributed by atoms with van der Waals surface area (Å²) < 4.78 is 0. The van der Waals surface area contributed by atoms with Gasteiger partial charge in [-0.1, -0.05) is 25.4 Å². The maximum absolute atomic E-state index is 5.79. The summed E-state index contributed by atoms with van der Waals surface area (Å²) in [6.07, 6.45) is 5.54. The molecule has 0 bridgehead atoms. The van der Waals surface area contributed by atoms with Crippen LogP contribution in [0.5, 0.6) is 0 Å². The second-order valence-corrected chi connectivity index (χ2v) is 4.83. The van der Waals surface area contributed by atoms with E-state index >= 15 is 0 Å². The number of aromatic nitrogens is 2. The third kappa shape index (κ3) is 5.65. The van der Waals surface area contributed by atoms with Crippen LogP contribution in [0.1, 0.15) is 33.6 Å². The van der Waals surface area contributed by atoms with E-state index in [9.17, 15) is 0 Å². The average molecular weight is 271 g/mol. The van der Waals surface area contributed by atoms with Crippen molar-refractivity contribution in [3.63, 3.8) is 0 Å². The molecule has 1 aromatic heterocycles. The lowest BCUT2D eigenvalue weighted by Gasteiger charge is -2.19. The number of hydrogen-bond donors (Lipinski definition) is 1. The van der Waals surface area contributed by atoms with Crippen molar-refractivity contribution >= 4 is 17.4 Å². The fraction of sp³-hybridized carbons (Fsp3) is 0.692. The fourth-order valence-electron chi connectivity index (χ4n) is 1.90. The molecule has 4 nitrogen and oxygen atoms in total. The first-order valence-corrected chi connectivity index (χ1v) is 7.00. The molecular weight excluding hydrogens is 248 g/mol. The van der Waals surface area contributed by atoms with Gasteiger partial charge in [0, 0.05) is 6.04 Å². The Bertz CT molecular complexity index is 342. The first kappa shape index (κ1) is 15.2. The summed E-state index contributed by atoms with van der Waals surface area (Å²) in [6.45, 7) is 9.96. The standard InChI is InChI=1S/C13H23ClN4/c1-4-18(5-2)8-6-7-11(3)16-13-10-15-9-12(14)17-13/h9-11H,4-8H2,1-3H3,(H,16,17). The van der Waals surface area contributed by atoms with Crippen LogP contribution in [0.3, 0.4) is 0 Å². The van der Waals surface area contributed by atoms with Crippen molar-refractivity contribution < 1.29 is 0 Å². The highest BCUT2D eigenvalue weighted by Gasteiger charge is 2.05. The van der Waals surface area contributed by atoms with Crippen molar-refractivity contribution in [3.05, 3.63) is 17.5 Å². The number of nitrogens with zero attached hydrogens (tertiary/aromatic N) is 3. The quantitative estimate of drug-likeness (QED) is 0.788. The summed E-state index contributed by atoms with van der Waals surface area (Å²) in [6, 6.07) is 0.383. The van der Waals surface area contributed by atoms with Crippen molar-refractivity contribution in [1.82, 2.24) is 14.9 Å². The second kappa shape index (κ2) is 8.27. The molecule has 1 rings (SSSR count). The minimum atomic E-state index is 0.383. The summed E-state index contributed by atoms with van der Waals surface area (Å²) in [7, 11) is 0. The van der Waals surface area contributed by atoms with Gasteiger partial charge in [-0.15, -0.1) is 0 Å². The van der Waals surface area contributed by atoms with Gasteiger partial charge in [-0.3, -0.25) is 4.98 Å². The maximum Gasteiger partial charge on any atom is 0.149 e. The normalized spacial score (nSPS) is 12.7. The van der Waals surface area contributed by atoms with E-state index in [4.69, 9.17) is 11.6 Å². The Balaban J connectivity index is 2.27. The van der Waals surface area contributed by atoms with Crippen LogP contribution in [-0.4, -0.2) is 40.5 Å². The zero-order valence-electron chi connectivity index (χ0n) is 11.5. The van der Waals surface area contributed by atoms with Crippen LogP contribution in [-0.2, 0) is 0 Å². The second-order valence-electron chi connectivity index (χ2n) is 4.44. The average Bonchev–Trinajstić information content (AvgIpc) is 2.34. The molecule has 0 amide bonds. The van der Waals surface area contributed by atoms with E-state index in [2.05, 4.69) is 41.0 Å². The molecule has 0 aliphatic rings. The largest absolute Gasteiger partial charge is 0.366 e. The van der Waals surface area contributed by atoms with Gasteiger partial charge in [0.25, 0.3) is 0 Å². The molecule has 0 spiro atoms. The van der Waals surface area contributed by atoms with Crippen LogP contribution in [0.15, 0.2) is 12.4 Å². The molecule has 0 saturated heterocycles. The Morgan fingerprint density at radius 3 is 2.67 bits per heavy atom. The van der Waals surface area contributed by atoms with Crippen LogP contribution < -0.4 is 5.32 Å². The maximum atomic E-state index is 5.79. The van der Waals surface area contributed by atoms with E-state index in [0.29, 0.717) is 11.2 Å². The van der Waals surface area contributed by atoms with Crippen molar-refractivity contribution in [2.45, 2.75) is 39.7 Å². The SMILES string of the molecule is CCN(CC)CCCC(C)Nc1cncc(Cl)n1. The first-order chi connectivity index (χ1) is 8.65. The summed E-state index contributed by atoms with van der Waals surface area (Å²) in [5, 5.41) is 3.74. The summed E-state index contributed by atoms with van der Waals surface area (Å²) in [5.74, 6) is 0.748. The molecule has 102 valence electrons. The number of halogens is 1. The molecular formula is C13H23ClN4. The minimum Gasteiger partial charge on any atom is -0.366 e. The molecule has 1 unspecified atom stereocenters. The molecule has 0 fully saturated rings. The van der Waals surface area contributed by atoms with E-state index in [-0.39, 0.29) is 0 Å². The summed E-state index contributed by atoms with van der Waals surface area (Å²) in [5.41, 5.74) is 0. The Morgan fingerprint density at radius 2 is 2.06 bits per heavy atom. The third-order valence-corrected chi connectivity index (χ3v) is 3.19. The van der Waals surface area contributed by atoms with Crippen molar-refractivity contribution in [2.75, 3.05) is 25.0 Å². The van der Waals surface area contributed by atoms with Gasteiger partial charge in [-0.2, -0.15) is 0 Å². The molecule has 0 aliphatic carbocycles. The number of rotatable bonds is 8. The van der Waals surface area contributed by atoms with Crippen LogP contribution >= 0.6 is 11.6 Å². The van der Waals surface area contributed by atoms with Crippen LogP contribution in [0.25, 0.3) is 0 Å². The lowest BCUT2D eigenvalue weighted by atomic mass is 10.2. The van der Waals surface area contributed by atoms with Crippen molar-refractivity contribution in [3.8, 4) is 0 Å². The Morgan fingerprint density at radius 1 is 1.33 bits per heavy atom. The van der Waals surface area contributed by atoms with Crippen molar-refractivity contribution in [2.24, 2.45) is 0 Å². The van der Waals surface area contributed by atoms with Gasteiger partial charge in [0.15, 0.2) is 0 Å². The van der Waals surface area contributed by atoms with Gasteiger partial charge >= 0.3 is 0 Å². The topological polar surface area (TPSA) is 41.0 Å². The van der Waals surface area contributed by atoms with E-state index in [1.807, 2.05) is 0 Å². The zero-order chi connectivity index (χ0) is 13.4. The number of hydrogen-bond acceptors (Lipinski definition) is 4. The Hall–Kier alpha value is -0.870. The summed E-state index contributed by atoms with van der Waals surface area (Å²) >= 11 is 5.79. The Labute approximate surface area is 115 Å². The lowest BCUT2D eigenvalue weighted by molar-refractivity contribution is 0.295. The van der Waals surface area contributed by atoms with Gasteiger partial charge in [0.2, 0.25) is 0 Å². The zero-order valence-corrected chi connectivity index (χ0v) is 12.2. The Kier molecular flexibility index (Phi) is 6.98. The minimum absolute atomic E-state index is 0.383. The molecule has 0 aromatic carbocycles. The van der Waals surface area contributed by atoms with E-state index < -0.39 is 0 Å². The monoisotopic (exact) mass is 270 g/mol. The van der Waals surface area contributed by atoms with Crippen LogP contribution in [0.4, 0.5) is 5.82 Å². The van der Waals surface area contributed by atoms with Crippen LogP contribution in [0, 0.1) is 0 Å². The molecule has 0 aliphatic heterocycles. The molecule has 1 N–H and O–H groups in total. The predicted octanol–water partition coefficient (Wildman–Crippen LogP) is 3.05. The highest BCUT2D eigenvalue weighted by molar-refractivity contribution is 6.29. The molecule has 0 saturated carbocycles. The molecule has 18 heavy (non-hydrogen) atoms. The van der Waals surface area contributed by atoms with E-state index in [1.165, 1.54) is 12.6 Å². The van der Waals surface area contributed by atoms with Crippen molar-refractivity contribution in [1.29, 1.82) is 0 Å². The van der Waals surface area contributed by atoms with Crippen LogP contribution in [0.2, 0.25) is 5.15 Å². The van der Waals surface area contributed by atoms with Gasteiger partial charge in [-0.25, -0.2) is 4.98 Å². The fourth-order valence-corrected chi connectivity index (χ4v) is 2.04. The highest BCUT2D eigenvalue weighted by Crippen LogP contribution is 2.10. The molecule has 1 aromatic rings. The van der Waals surface area contributed by atoms with Gasteiger partial charge in [-0.05, 0) is 39.4 Å². The van der Waals surface area contributed by atoms with Gasteiger partial charge < -0.3 is 10.2 Å². The van der Waals surface area contributed by atoms with E-state index in [0.717, 1.165) is 31.9 Å². The lowest BCUT2D eigenvalue weighted by Crippen LogP contribution is -2.25. The van der Waals surface area contributed by atoms with Gasteiger partial charge in [0.1, 0.15) is 11.0 Å². The van der Waals surface area contributed by atoms with Gasteiger partial charge in [0.05, 0.1) is 12.4 Å². The third-order valence-electron chi connectivity index (χ3n) is 3.01. The molecule has 0 radical (unpaired) electrons. The smallest absolute Gasteiger partial charge is 0.149 e. The first-order valence-electron chi connectivity index (χ1n) is 6.62. The van der Waals surface area contributed by atoms with E-state index in [1.54, 1.807) is 6.20 Å². The highest BCUT2D eigenvalue weighted by atomic mass is 35.5. The molecule has 5 heteroatoms. The number of anilines is 1. The number of nitrogens with one attached hydrogen (secondary N) is 1. The molecule has 1 atom stereocenters. The molecule has 1 heterocycles.